The van der Waals surface area contributed by atoms with Gasteiger partial charge in [0, 0.05) is 31.9 Å². The third kappa shape index (κ3) is 3.30. The summed E-state index contributed by atoms with van der Waals surface area (Å²) in [5, 5.41) is 0. The molecule has 1 fully saturated rings. The second kappa shape index (κ2) is 6.31. The number of benzene rings is 1. The lowest BCUT2D eigenvalue weighted by Crippen LogP contribution is -2.48. The number of anilines is 1. The first-order valence-electron chi connectivity index (χ1n) is 6.55. The van der Waals surface area contributed by atoms with Gasteiger partial charge in [0.25, 0.3) is 0 Å². The van der Waals surface area contributed by atoms with Crippen LogP contribution in [0.4, 0.5) is 10.5 Å². The SMILES string of the molecule is CCOC(=O)N1CCN(c2ccc(OC)cc2)CC1. The molecule has 0 unspecified atom stereocenters. The minimum absolute atomic E-state index is 0.211. The summed E-state index contributed by atoms with van der Waals surface area (Å²) in [5.41, 5.74) is 1.16. The van der Waals surface area contributed by atoms with E-state index < -0.39 is 0 Å². The van der Waals surface area contributed by atoms with E-state index in [4.69, 9.17) is 9.47 Å². The van der Waals surface area contributed by atoms with Crippen molar-refractivity contribution in [2.75, 3.05) is 44.8 Å². The number of methoxy groups -OCH3 is 1. The fraction of sp³-hybridized carbons (Fsp3) is 0.500. The number of hydrogen-bond acceptors (Lipinski definition) is 4. The van der Waals surface area contributed by atoms with Gasteiger partial charge in [-0.15, -0.1) is 0 Å². The average Bonchev–Trinajstić information content (AvgIpc) is 2.48. The zero-order valence-corrected chi connectivity index (χ0v) is 11.5. The van der Waals surface area contributed by atoms with Crippen molar-refractivity contribution < 1.29 is 14.3 Å². The Kier molecular flexibility index (Phi) is 4.49. The highest BCUT2D eigenvalue weighted by Crippen LogP contribution is 2.20. The molecule has 0 N–H and O–H groups in total. The molecule has 0 atom stereocenters. The Morgan fingerprint density at radius 2 is 1.79 bits per heavy atom. The van der Waals surface area contributed by atoms with E-state index in [1.807, 2.05) is 31.2 Å². The molecular formula is C14H20N2O3. The molecule has 0 aromatic heterocycles. The van der Waals surface area contributed by atoms with Gasteiger partial charge in [-0.2, -0.15) is 0 Å². The Morgan fingerprint density at radius 1 is 1.16 bits per heavy atom. The van der Waals surface area contributed by atoms with Gasteiger partial charge in [0.15, 0.2) is 0 Å². The van der Waals surface area contributed by atoms with Crippen LogP contribution in [0.15, 0.2) is 24.3 Å². The molecule has 0 bridgehead atoms. The van der Waals surface area contributed by atoms with Crippen molar-refractivity contribution in [3.8, 4) is 5.75 Å². The number of hydrogen-bond donors (Lipinski definition) is 0. The van der Waals surface area contributed by atoms with Gasteiger partial charge in [-0.25, -0.2) is 4.79 Å². The predicted molar refractivity (Wildman–Crippen MR) is 73.8 cm³/mol. The van der Waals surface area contributed by atoms with Gasteiger partial charge in [0.1, 0.15) is 5.75 Å². The van der Waals surface area contributed by atoms with Gasteiger partial charge in [0.2, 0.25) is 0 Å². The summed E-state index contributed by atoms with van der Waals surface area (Å²) in [6.07, 6.45) is -0.211. The van der Waals surface area contributed by atoms with E-state index in [9.17, 15) is 4.79 Å². The van der Waals surface area contributed by atoms with Gasteiger partial charge in [-0.05, 0) is 31.2 Å². The van der Waals surface area contributed by atoms with Crippen LogP contribution in [-0.4, -0.2) is 50.9 Å². The second-order valence-corrected chi connectivity index (χ2v) is 4.37. The molecular weight excluding hydrogens is 244 g/mol. The smallest absolute Gasteiger partial charge is 0.409 e. The van der Waals surface area contributed by atoms with Crippen LogP contribution in [0.2, 0.25) is 0 Å². The quantitative estimate of drug-likeness (QED) is 0.837. The van der Waals surface area contributed by atoms with Crippen molar-refractivity contribution in [2.24, 2.45) is 0 Å². The van der Waals surface area contributed by atoms with E-state index in [-0.39, 0.29) is 6.09 Å². The highest BCUT2D eigenvalue weighted by Gasteiger charge is 2.21. The van der Waals surface area contributed by atoms with Gasteiger partial charge in [0.05, 0.1) is 13.7 Å². The van der Waals surface area contributed by atoms with Gasteiger partial charge < -0.3 is 19.3 Å². The zero-order valence-electron chi connectivity index (χ0n) is 11.5. The molecule has 1 saturated heterocycles. The number of carbonyl (C=O) groups is 1. The number of ether oxygens (including phenoxy) is 2. The van der Waals surface area contributed by atoms with E-state index in [2.05, 4.69) is 4.90 Å². The molecule has 1 aromatic carbocycles. The molecule has 1 heterocycles. The minimum Gasteiger partial charge on any atom is -0.497 e. The first-order chi connectivity index (χ1) is 9.24. The molecule has 0 spiro atoms. The summed E-state index contributed by atoms with van der Waals surface area (Å²) in [6.45, 7) is 5.30. The second-order valence-electron chi connectivity index (χ2n) is 4.37. The molecule has 0 saturated carbocycles. The van der Waals surface area contributed by atoms with E-state index >= 15 is 0 Å². The van der Waals surface area contributed by atoms with Crippen molar-refractivity contribution in [2.45, 2.75) is 6.92 Å². The van der Waals surface area contributed by atoms with Crippen LogP contribution in [0.5, 0.6) is 5.75 Å². The van der Waals surface area contributed by atoms with Crippen LogP contribution in [-0.2, 0) is 4.74 Å². The average molecular weight is 264 g/mol. The number of rotatable bonds is 3. The normalized spacial score (nSPS) is 15.3. The Bertz CT molecular complexity index is 411. The maximum atomic E-state index is 11.6. The summed E-state index contributed by atoms with van der Waals surface area (Å²) in [6, 6.07) is 7.98. The largest absolute Gasteiger partial charge is 0.497 e. The number of carbonyl (C=O) groups excluding carboxylic acids is 1. The van der Waals surface area contributed by atoms with Crippen LogP contribution in [0.1, 0.15) is 6.92 Å². The standard InChI is InChI=1S/C14H20N2O3/c1-3-19-14(17)16-10-8-15(9-11-16)12-4-6-13(18-2)7-5-12/h4-7H,3,8-11H2,1-2H3. The minimum atomic E-state index is -0.211. The highest BCUT2D eigenvalue weighted by atomic mass is 16.6. The monoisotopic (exact) mass is 264 g/mol. The summed E-state index contributed by atoms with van der Waals surface area (Å²) in [5.74, 6) is 0.855. The van der Waals surface area contributed by atoms with Crippen LogP contribution in [0, 0.1) is 0 Å². The Morgan fingerprint density at radius 3 is 2.32 bits per heavy atom. The molecule has 104 valence electrons. The lowest BCUT2D eigenvalue weighted by atomic mass is 10.2. The van der Waals surface area contributed by atoms with Crippen molar-refractivity contribution in [3.63, 3.8) is 0 Å². The highest BCUT2D eigenvalue weighted by molar-refractivity contribution is 5.68. The molecule has 5 heteroatoms. The first-order valence-corrected chi connectivity index (χ1v) is 6.55. The Labute approximate surface area is 113 Å². The summed E-state index contributed by atoms with van der Waals surface area (Å²) >= 11 is 0. The van der Waals surface area contributed by atoms with Crippen molar-refractivity contribution >= 4 is 11.8 Å². The van der Waals surface area contributed by atoms with E-state index in [0.717, 1.165) is 24.5 Å². The Hall–Kier alpha value is -1.91. The summed E-state index contributed by atoms with van der Waals surface area (Å²) in [7, 11) is 1.66. The van der Waals surface area contributed by atoms with E-state index in [0.29, 0.717) is 19.7 Å². The third-order valence-corrected chi connectivity index (χ3v) is 3.24. The maximum Gasteiger partial charge on any atom is 0.409 e. The molecule has 1 aromatic rings. The lowest BCUT2D eigenvalue weighted by molar-refractivity contribution is 0.105. The fourth-order valence-corrected chi connectivity index (χ4v) is 2.16. The number of piperazine rings is 1. The number of nitrogens with zero attached hydrogens (tertiary/aromatic N) is 2. The molecule has 1 aliphatic rings. The maximum absolute atomic E-state index is 11.6. The summed E-state index contributed by atoms with van der Waals surface area (Å²) < 4.78 is 10.1. The lowest BCUT2D eigenvalue weighted by Gasteiger charge is -2.35. The molecule has 0 aliphatic carbocycles. The summed E-state index contributed by atoms with van der Waals surface area (Å²) in [4.78, 5) is 15.6. The molecule has 2 rings (SSSR count). The molecule has 5 nitrogen and oxygen atoms in total. The van der Waals surface area contributed by atoms with Crippen molar-refractivity contribution in [1.29, 1.82) is 0 Å². The van der Waals surface area contributed by atoms with Gasteiger partial charge in [-0.1, -0.05) is 0 Å². The van der Waals surface area contributed by atoms with Crippen LogP contribution < -0.4 is 9.64 Å². The topological polar surface area (TPSA) is 42.0 Å². The third-order valence-electron chi connectivity index (χ3n) is 3.24. The van der Waals surface area contributed by atoms with E-state index in [1.54, 1.807) is 12.0 Å². The molecule has 1 amide bonds. The predicted octanol–water partition coefficient (Wildman–Crippen LogP) is 1.97. The fourth-order valence-electron chi connectivity index (χ4n) is 2.16. The van der Waals surface area contributed by atoms with E-state index in [1.165, 1.54) is 0 Å². The number of amides is 1. The molecule has 19 heavy (non-hydrogen) atoms. The zero-order chi connectivity index (χ0) is 13.7. The van der Waals surface area contributed by atoms with Gasteiger partial charge in [-0.3, -0.25) is 0 Å². The molecule has 0 radical (unpaired) electrons. The van der Waals surface area contributed by atoms with Crippen LogP contribution >= 0.6 is 0 Å². The molecule has 1 aliphatic heterocycles. The van der Waals surface area contributed by atoms with Crippen LogP contribution in [0.25, 0.3) is 0 Å². The Balaban J connectivity index is 1.90. The van der Waals surface area contributed by atoms with Gasteiger partial charge >= 0.3 is 6.09 Å². The first kappa shape index (κ1) is 13.5. The van der Waals surface area contributed by atoms with Crippen molar-refractivity contribution in [1.82, 2.24) is 4.90 Å². The van der Waals surface area contributed by atoms with Crippen molar-refractivity contribution in [3.05, 3.63) is 24.3 Å². The van der Waals surface area contributed by atoms with Crippen LogP contribution in [0.3, 0.4) is 0 Å².